The second-order valence-electron chi connectivity index (χ2n) is 7.30. The van der Waals surface area contributed by atoms with Crippen LogP contribution in [0.15, 0.2) is 54.6 Å². The number of hydrogen-bond acceptors (Lipinski definition) is 3. The first-order valence-corrected chi connectivity index (χ1v) is 9.22. The van der Waals surface area contributed by atoms with Crippen LogP contribution in [0.3, 0.4) is 0 Å². The molecule has 0 aliphatic carbocycles. The Balaban J connectivity index is 0.00000196. The van der Waals surface area contributed by atoms with Crippen LogP contribution in [0, 0.1) is 5.92 Å². The van der Waals surface area contributed by atoms with Crippen molar-refractivity contribution in [2.45, 2.75) is 44.2 Å². The van der Waals surface area contributed by atoms with Crippen LogP contribution < -0.4 is 16.0 Å². The van der Waals surface area contributed by atoms with Gasteiger partial charge >= 0.3 is 0 Å². The van der Waals surface area contributed by atoms with E-state index in [2.05, 4.69) is 16.0 Å². The zero-order chi connectivity index (χ0) is 17.1. The molecule has 2 atom stereocenters. The molecule has 1 amide bonds. The van der Waals surface area contributed by atoms with Gasteiger partial charge < -0.3 is 16.0 Å². The molecule has 138 valence electrons. The van der Waals surface area contributed by atoms with Crippen molar-refractivity contribution >= 4 is 35.4 Å². The second-order valence-corrected chi connectivity index (χ2v) is 7.30. The lowest BCUT2D eigenvalue weighted by Crippen LogP contribution is -2.39. The maximum absolute atomic E-state index is 12.4. The van der Waals surface area contributed by atoms with Gasteiger partial charge in [0.1, 0.15) is 0 Å². The first kappa shape index (κ1) is 18.7. The monoisotopic (exact) mass is 371 g/mol. The summed E-state index contributed by atoms with van der Waals surface area (Å²) in [5.41, 5.74) is 2.86. The lowest BCUT2D eigenvalue weighted by Gasteiger charge is -2.28. The molecular weight excluding hydrogens is 346 g/mol. The highest BCUT2D eigenvalue weighted by Gasteiger charge is 2.34. The summed E-state index contributed by atoms with van der Waals surface area (Å²) in [6.07, 6.45) is 5.45. The van der Waals surface area contributed by atoms with Crippen molar-refractivity contribution in [1.29, 1.82) is 0 Å². The third kappa shape index (κ3) is 4.77. The molecule has 2 aliphatic heterocycles. The number of hydrogen-bond donors (Lipinski definition) is 3. The van der Waals surface area contributed by atoms with Crippen molar-refractivity contribution in [3.63, 3.8) is 0 Å². The molecule has 2 aromatic carbocycles. The van der Waals surface area contributed by atoms with Crippen molar-refractivity contribution in [2.24, 2.45) is 5.92 Å². The lowest BCUT2D eigenvalue weighted by molar-refractivity contribution is -0.117. The number of nitrogens with one attached hydrogen (secondary N) is 3. The average molecular weight is 372 g/mol. The van der Waals surface area contributed by atoms with Crippen LogP contribution in [0.2, 0.25) is 0 Å². The summed E-state index contributed by atoms with van der Waals surface area (Å²) in [5.74, 6) is 0.646. The number of anilines is 3. The molecular formula is C21H26ClN3O. The van der Waals surface area contributed by atoms with Gasteiger partial charge in [-0.25, -0.2) is 0 Å². The van der Waals surface area contributed by atoms with Gasteiger partial charge in [0, 0.05) is 35.6 Å². The Kier molecular flexibility index (Phi) is 6.17. The molecule has 3 N–H and O–H groups in total. The summed E-state index contributed by atoms with van der Waals surface area (Å²) in [6, 6.07) is 19.2. The number of rotatable bonds is 5. The van der Waals surface area contributed by atoms with Crippen LogP contribution >= 0.6 is 12.4 Å². The van der Waals surface area contributed by atoms with Gasteiger partial charge in [-0.3, -0.25) is 4.79 Å². The summed E-state index contributed by atoms with van der Waals surface area (Å²) < 4.78 is 0. The van der Waals surface area contributed by atoms with E-state index >= 15 is 0 Å². The maximum Gasteiger partial charge on any atom is 0.224 e. The maximum atomic E-state index is 12.4. The van der Waals surface area contributed by atoms with E-state index in [0.29, 0.717) is 24.4 Å². The minimum absolute atomic E-state index is 0. The standard InChI is InChI=1S/C21H25N3O.ClH/c25-21(13-15-11-19-9-10-20(12-15)23-19)24-18-8-4-7-17(14-18)22-16-5-2-1-3-6-16;/h1-8,14-15,19-20,22-23H,9-13H2,(H,24,25);1H. The fourth-order valence-electron chi connectivity index (χ4n) is 4.18. The number of para-hydroxylation sites is 1. The van der Waals surface area contributed by atoms with Crippen molar-refractivity contribution < 1.29 is 4.79 Å². The minimum Gasteiger partial charge on any atom is -0.355 e. The third-order valence-electron chi connectivity index (χ3n) is 5.25. The average Bonchev–Trinajstić information content (AvgIpc) is 2.94. The fourth-order valence-corrected chi connectivity index (χ4v) is 4.18. The van der Waals surface area contributed by atoms with E-state index < -0.39 is 0 Å². The minimum atomic E-state index is 0. The van der Waals surface area contributed by atoms with E-state index in [9.17, 15) is 4.79 Å². The largest absolute Gasteiger partial charge is 0.355 e. The number of piperidine rings is 1. The molecule has 2 aromatic rings. The summed E-state index contributed by atoms with van der Waals surface area (Å²) in [5, 5.41) is 10.1. The number of carbonyl (C=O) groups excluding carboxylic acids is 1. The van der Waals surface area contributed by atoms with Gasteiger partial charge in [0.25, 0.3) is 0 Å². The molecule has 2 aliphatic rings. The number of carbonyl (C=O) groups is 1. The summed E-state index contributed by atoms with van der Waals surface area (Å²) in [4.78, 5) is 12.4. The van der Waals surface area contributed by atoms with Crippen LogP contribution in [0.1, 0.15) is 32.1 Å². The van der Waals surface area contributed by atoms with Gasteiger partial charge in [0.05, 0.1) is 0 Å². The number of amides is 1. The lowest BCUT2D eigenvalue weighted by atomic mass is 9.89. The Bertz CT molecular complexity index is 725. The van der Waals surface area contributed by atoms with Crippen LogP contribution in [-0.2, 0) is 4.79 Å². The summed E-state index contributed by atoms with van der Waals surface area (Å²) in [6.45, 7) is 0. The first-order chi connectivity index (χ1) is 12.2. The van der Waals surface area contributed by atoms with E-state index in [4.69, 9.17) is 0 Å². The van der Waals surface area contributed by atoms with Crippen molar-refractivity contribution in [1.82, 2.24) is 5.32 Å². The molecule has 0 saturated carbocycles. The Morgan fingerprint density at radius 2 is 1.58 bits per heavy atom. The quantitative estimate of drug-likeness (QED) is 0.713. The predicted molar refractivity (Wildman–Crippen MR) is 109 cm³/mol. The van der Waals surface area contributed by atoms with Gasteiger partial charge in [-0.05, 0) is 61.9 Å². The zero-order valence-electron chi connectivity index (χ0n) is 14.8. The van der Waals surface area contributed by atoms with E-state index in [1.165, 1.54) is 12.8 Å². The zero-order valence-corrected chi connectivity index (χ0v) is 15.6. The molecule has 4 nitrogen and oxygen atoms in total. The van der Waals surface area contributed by atoms with Crippen molar-refractivity contribution in [2.75, 3.05) is 10.6 Å². The molecule has 2 heterocycles. The van der Waals surface area contributed by atoms with Gasteiger partial charge in [-0.1, -0.05) is 24.3 Å². The predicted octanol–water partition coefficient (Wildman–Crippen LogP) is 4.71. The van der Waals surface area contributed by atoms with Crippen molar-refractivity contribution in [3.05, 3.63) is 54.6 Å². The summed E-state index contributed by atoms with van der Waals surface area (Å²) in [7, 11) is 0. The molecule has 0 spiro atoms. The smallest absolute Gasteiger partial charge is 0.224 e. The normalized spacial score (nSPS) is 23.8. The number of halogens is 1. The Labute approximate surface area is 161 Å². The van der Waals surface area contributed by atoms with E-state index in [0.717, 1.165) is 29.9 Å². The summed E-state index contributed by atoms with van der Waals surface area (Å²) >= 11 is 0. The van der Waals surface area contributed by atoms with E-state index in [1.54, 1.807) is 0 Å². The molecule has 2 bridgehead atoms. The van der Waals surface area contributed by atoms with Gasteiger partial charge in [0.2, 0.25) is 5.91 Å². The molecule has 2 fully saturated rings. The van der Waals surface area contributed by atoms with Gasteiger partial charge in [-0.15, -0.1) is 12.4 Å². The van der Waals surface area contributed by atoms with Crippen LogP contribution in [0.5, 0.6) is 0 Å². The molecule has 2 unspecified atom stereocenters. The molecule has 0 radical (unpaired) electrons. The van der Waals surface area contributed by atoms with Crippen LogP contribution in [-0.4, -0.2) is 18.0 Å². The van der Waals surface area contributed by atoms with Crippen LogP contribution in [0.25, 0.3) is 0 Å². The molecule has 2 saturated heterocycles. The Morgan fingerprint density at radius 3 is 2.31 bits per heavy atom. The first-order valence-electron chi connectivity index (χ1n) is 9.22. The Hall–Kier alpha value is -2.04. The number of benzene rings is 2. The van der Waals surface area contributed by atoms with Crippen molar-refractivity contribution in [3.8, 4) is 0 Å². The number of fused-ring (bicyclic) bond motifs is 2. The fraction of sp³-hybridized carbons (Fsp3) is 0.381. The highest BCUT2D eigenvalue weighted by Crippen LogP contribution is 2.33. The van der Waals surface area contributed by atoms with Gasteiger partial charge in [0.15, 0.2) is 0 Å². The van der Waals surface area contributed by atoms with Gasteiger partial charge in [-0.2, -0.15) is 0 Å². The highest BCUT2D eigenvalue weighted by molar-refractivity contribution is 5.91. The molecule has 5 heteroatoms. The molecule has 26 heavy (non-hydrogen) atoms. The third-order valence-corrected chi connectivity index (χ3v) is 5.25. The van der Waals surface area contributed by atoms with Crippen LogP contribution in [0.4, 0.5) is 17.1 Å². The molecule has 0 aromatic heterocycles. The second kappa shape index (κ2) is 8.56. The molecule has 4 rings (SSSR count). The topological polar surface area (TPSA) is 53.2 Å². The van der Waals surface area contributed by atoms with E-state index in [1.807, 2.05) is 54.6 Å². The Morgan fingerprint density at radius 1 is 0.923 bits per heavy atom. The highest BCUT2D eigenvalue weighted by atomic mass is 35.5. The van der Waals surface area contributed by atoms with E-state index in [-0.39, 0.29) is 18.3 Å². The SMILES string of the molecule is Cl.O=C(CC1CC2CCC(C1)N2)Nc1cccc(Nc2ccccc2)c1.